The number of piperidine rings is 1. The molecule has 1 fully saturated rings. The number of carbonyl (C=O) groups is 1. The van der Waals surface area contributed by atoms with Crippen LogP contribution in [0.5, 0.6) is 11.5 Å². The number of nitrogens with one attached hydrogen (secondary N) is 2. The van der Waals surface area contributed by atoms with Gasteiger partial charge in [-0.3, -0.25) is 9.48 Å². The number of benzene rings is 1. The number of methoxy groups -OCH3 is 1. The molecule has 1 aliphatic heterocycles. The van der Waals surface area contributed by atoms with E-state index in [0.717, 1.165) is 31.7 Å². The molecule has 0 saturated carbocycles. The van der Waals surface area contributed by atoms with Crippen LogP contribution in [0.25, 0.3) is 0 Å². The summed E-state index contributed by atoms with van der Waals surface area (Å²) in [5.41, 5.74) is 0.434. The fourth-order valence-electron chi connectivity index (χ4n) is 3.00. The average Bonchev–Trinajstić information content (AvgIpc) is 3.17. The second-order valence-corrected chi connectivity index (χ2v) is 6.50. The van der Waals surface area contributed by atoms with Crippen LogP contribution in [0.15, 0.2) is 36.5 Å². The molecule has 7 nitrogen and oxygen atoms in total. The van der Waals surface area contributed by atoms with Crippen LogP contribution in [0.4, 0.5) is 0 Å². The van der Waals surface area contributed by atoms with E-state index < -0.39 is 0 Å². The summed E-state index contributed by atoms with van der Waals surface area (Å²) in [6.07, 6.45) is 3.92. The van der Waals surface area contributed by atoms with Gasteiger partial charge in [0.05, 0.1) is 19.7 Å². The Bertz CT molecular complexity index is 725. The van der Waals surface area contributed by atoms with Gasteiger partial charge in [0.1, 0.15) is 23.3 Å². The Hall–Kier alpha value is -2.54. The third kappa shape index (κ3) is 4.76. The number of hydrogen-bond donors (Lipinski definition) is 2. The minimum atomic E-state index is -0.186. The molecule has 1 aliphatic rings. The van der Waals surface area contributed by atoms with Crippen molar-refractivity contribution in [2.24, 2.45) is 0 Å². The number of aromatic nitrogens is 2. The van der Waals surface area contributed by atoms with Crippen molar-refractivity contribution in [3.05, 3.63) is 42.2 Å². The second-order valence-electron chi connectivity index (χ2n) is 6.50. The lowest BCUT2D eigenvalue weighted by atomic mass is 10.1. The molecule has 7 heteroatoms. The lowest BCUT2D eigenvalue weighted by Crippen LogP contribution is -2.34. The van der Waals surface area contributed by atoms with Gasteiger partial charge in [0.2, 0.25) is 0 Å². The minimum absolute atomic E-state index is 0.171. The molecule has 0 bridgehead atoms. The van der Waals surface area contributed by atoms with E-state index >= 15 is 0 Å². The predicted molar refractivity (Wildman–Crippen MR) is 98.8 cm³/mol. The standard InChI is InChI=1S/C19H26N4O3/c1-14(26-17-7-3-6-16(11-17)25-2)12-21-19(24)18-8-10-23(22-18)15-5-4-9-20-13-15/h3,6-8,10-11,14-15,20H,4-5,9,12-13H2,1-2H3,(H,21,24). The number of nitrogens with zero attached hydrogens (tertiary/aromatic N) is 2. The van der Waals surface area contributed by atoms with E-state index in [1.165, 1.54) is 0 Å². The van der Waals surface area contributed by atoms with Gasteiger partial charge in [-0.05, 0) is 44.5 Å². The molecule has 2 N–H and O–H groups in total. The van der Waals surface area contributed by atoms with Crippen molar-refractivity contribution in [1.82, 2.24) is 20.4 Å². The van der Waals surface area contributed by atoms with Gasteiger partial charge in [-0.15, -0.1) is 0 Å². The highest BCUT2D eigenvalue weighted by molar-refractivity contribution is 5.92. The number of ether oxygens (including phenoxy) is 2. The molecule has 2 atom stereocenters. The van der Waals surface area contributed by atoms with E-state index in [0.29, 0.717) is 24.0 Å². The van der Waals surface area contributed by atoms with E-state index in [1.54, 1.807) is 13.2 Å². The molecule has 1 saturated heterocycles. The Labute approximate surface area is 153 Å². The number of carbonyl (C=O) groups excluding carboxylic acids is 1. The van der Waals surface area contributed by atoms with Gasteiger partial charge in [-0.2, -0.15) is 5.10 Å². The molecular weight excluding hydrogens is 332 g/mol. The maximum absolute atomic E-state index is 12.3. The Morgan fingerprint density at radius 1 is 1.42 bits per heavy atom. The van der Waals surface area contributed by atoms with Crippen molar-refractivity contribution in [2.75, 3.05) is 26.7 Å². The van der Waals surface area contributed by atoms with E-state index in [4.69, 9.17) is 9.47 Å². The third-order valence-electron chi connectivity index (χ3n) is 4.41. The summed E-state index contributed by atoms with van der Waals surface area (Å²) in [5.74, 6) is 1.26. The predicted octanol–water partition coefficient (Wildman–Crippen LogP) is 2.01. The molecule has 2 unspecified atom stereocenters. The molecule has 1 aromatic carbocycles. The first-order valence-electron chi connectivity index (χ1n) is 9.00. The Morgan fingerprint density at radius 3 is 3.04 bits per heavy atom. The molecule has 0 aliphatic carbocycles. The van der Waals surface area contributed by atoms with Gasteiger partial charge >= 0.3 is 0 Å². The molecular formula is C19H26N4O3. The highest BCUT2D eigenvalue weighted by Gasteiger charge is 2.18. The highest BCUT2D eigenvalue weighted by Crippen LogP contribution is 2.20. The molecule has 1 aromatic heterocycles. The van der Waals surface area contributed by atoms with Crippen LogP contribution in [0.2, 0.25) is 0 Å². The molecule has 2 heterocycles. The summed E-state index contributed by atoms with van der Waals surface area (Å²) in [5, 5.41) is 10.7. The monoisotopic (exact) mass is 358 g/mol. The van der Waals surface area contributed by atoms with Crippen LogP contribution in [0.3, 0.4) is 0 Å². The first-order chi connectivity index (χ1) is 12.7. The van der Waals surface area contributed by atoms with Crippen LogP contribution in [-0.4, -0.2) is 48.5 Å². The smallest absolute Gasteiger partial charge is 0.271 e. The van der Waals surface area contributed by atoms with E-state index in [1.807, 2.05) is 42.1 Å². The quantitative estimate of drug-likeness (QED) is 0.792. The fraction of sp³-hybridized carbons (Fsp3) is 0.474. The van der Waals surface area contributed by atoms with Crippen LogP contribution in [0.1, 0.15) is 36.3 Å². The molecule has 2 aromatic rings. The summed E-state index contributed by atoms with van der Waals surface area (Å²) in [6.45, 7) is 4.25. The Morgan fingerprint density at radius 2 is 2.27 bits per heavy atom. The maximum Gasteiger partial charge on any atom is 0.271 e. The van der Waals surface area contributed by atoms with Crippen molar-refractivity contribution < 1.29 is 14.3 Å². The zero-order valence-corrected chi connectivity index (χ0v) is 15.3. The number of amides is 1. The SMILES string of the molecule is COc1cccc(OC(C)CNC(=O)c2ccn(C3CCCNC3)n2)c1. The number of rotatable bonds is 7. The first kappa shape index (κ1) is 18.3. The molecule has 26 heavy (non-hydrogen) atoms. The van der Waals surface area contributed by atoms with Crippen LogP contribution in [0, 0.1) is 0 Å². The van der Waals surface area contributed by atoms with Gasteiger partial charge in [-0.25, -0.2) is 0 Å². The van der Waals surface area contributed by atoms with Gasteiger partial charge in [0, 0.05) is 18.8 Å². The topological polar surface area (TPSA) is 77.4 Å². The highest BCUT2D eigenvalue weighted by atomic mass is 16.5. The van der Waals surface area contributed by atoms with Crippen LogP contribution < -0.4 is 20.1 Å². The van der Waals surface area contributed by atoms with Gasteiger partial charge in [0.15, 0.2) is 0 Å². The van der Waals surface area contributed by atoms with Gasteiger partial charge < -0.3 is 20.1 Å². The van der Waals surface area contributed by atoms with E-state index in [-0.39, 0.29) is 12.0 Å². The van der Waals surface area contributed by atoms with Crippen molar-refractivity contribution in [2.45, 2.75) is 31.9 Å². The van der Waals surface area contributed by atoms with Crippen LogP contribution in [-0.2, 0) is 0 Å². The minimum Gasteiger partial charge on any atom is -0.497 e. The van der Waals surface area contributed by atoms with Gasteiger partial charge in [0.25, 0.3) is 5.91 Å². The largest absolute Gasteiger partial charge is 0.497 e. The van der Waals surface area contributed by atoms with Crippen molar-refractivity contribution in [3.63, 3.8) is 0 Å². The van der Waals surface area contributed by atoms with Crippen LogP contribution >= 0.6 is 0 Å². The first-order valence-corrected chi connectivity index (χ1v) is 9.00. The van der Waals surface area contributed by atoms with E-state index in [9.17, 15) is 4.79 Å². The average molecular weight is 358 g/mol. The van der Waals surface area contributed by atoms with E-state index in [2.05, 4.69) is 15.7 Å². The summed E-state index contributed by atoms with van der Waals surface area (Å²) >= 11 is 0. The molecule has 140 valence electrons. The second kappa shape index (κ2) is 8.71. The zero-order valence-electron chi connectivity index (χ0n) is 15.3. The molecule has 0 spiro atoms. The fourth-order valence-corrected chi connectivity index (χ4v) is 3.00. The molecule has 0 radical (unpaired) electrons. The lowest BCUT2D eigenvalue weighted by Gasteiger charge is -2.22. The third-order valence-corrected chi connectivity index (χ3v) is 4.41. The maximum atomic E-state index is 12.3. The Balaban J connectivity index is 1.49. The summed E-state index contributed by atoms with van der Waals surface area (Å²) < 4.78 is 12.9. The Kier molecular flexibility index (Phi) is 6.12. The van der Waals surface area contributed by atoms with Crippen molar-refractivity contribution in [1.29, 1.82) is 0 Å². The lowest BCUT2D eigenvalue weighted by molar-refractivity contribution is 0.0925. The number of hydrogen-bond acceptors (Lipinski definition) is 5. The molecule has 1 amide bonds. The van der Waals surface area contributed by atoms with Crippen molar-refractivity contribution >= 4 is 5.91 Å². The summed E-state index contributed by atoms with van der Waals surface area (Å²) in [6, 6.07) is 9.49. The normalized spacial score (nSPS) is 18.2. The molecule has 3 rings (SSSR count). The van der Waals surface area contributed by atoms with Crippen molar-refractivity contribution in [3.8, 4) is 11.5 Å². The zero-order chi connectivity index (χ0) is 18.4. The summed E-state index contributed by atoms with van der Waals surface area (Å²) in [4.78, 5) is 12.3. The van der Waals surface area contributed by atoms with Gasteiger partial charge in [-0.1, -0.05) is 6.07 Å². The summed E-state index contributed by atoms with van der Waals surface area (Å²) in [7, 11) is 1.62.